The summed E-state index contributed by atoms with van der Waals surface area (Å²) in [5, 5.41) is 11.8. The number of allylic oxidation sites excluding steroid dienone is 1. The lowest BCUT2D eigenvalue weighted by molar-refractivity contribution is 0.0506. The number of H-pyrrole nitrogens is 1. The van der Waals surface area contributed by atoms with Crippen LogP contribution in [0.15, 0.2) is 35.3 Å². The van der Waals surface area contributed by atoms with Gasteiger partial charge in [0.25, 0.3) is 5.91 Å². The fourth-order valence-corrected chi connectivity index (χ4v) is 5.92. The molecule has 16 heteroatoms. The van der Waals surface area contributed by atoms with E-state index in [0.717, 1.165) is 30.5 Å². The number of aryl methyl sites for hydroxylation is 4. The molecule has 0 spiro atoms. The number of methoxy groups -OCH3 is 1. The van der Waals surface area contributed by atoms with E-state index in [4.69, 9.17) is 19.9 Å². The monoisotopic (exact) mass is 733 g/mol. The SMILES string of the molecule is CCOC(=O)c1c(CCCCCn2nc(C)cc2C(=O)N=c2[nH]c3cc(C(N)=O)cc(OC)c3n2C/C=C/CNC(=O)OC(C)(C)C)c(C)nn1CC. The number of aromatic nitrogens is 6. The van der Waals surface area contributed by atoms with Crippen LogP contribution in [0.5, 0.6) is 5.75 Å². The number of unbranched alkanes of at least 4 members (excludes halogenated alkanes) is 2. The molecule has 0 aliphatic heterocycles. The number of primary amides is 1. The predicted molar refractivity (Wildman–Crippen MR) is 198 cm³/mol. The maximum atomic E-state index is 13.8. The number of ether oxygens (including phenoxy) is 3. The number of imidazole rings is 1. The summed E-state index contributed by atoms with van der Waals surface area (Å²) in [6.45, 7) is 14.6. The second-order valence-corrected chi connectivity index (χ2v) is 13.4. The number of nitrogens with two attached hydrogens (primary N) is 1. The van der Waals surface area contributed by atoms with Gasteiger partial charge < -0.3 is 34.8 Å². The summed E-state index contributed by atoms with van der Waals surface area (Å²) in [6.07, 6.45) is 6.04. The van der Waals surface area contributed by atoms with Gasteiger partial charge in [-0.2, -0.15) is 15.2 Å². The van der Waals surface area contributed by atoms with Crippen molar-refractivity contribution >= 4 is 34.9 Å². The third-order valence-electron chi connectivity index (χ3n) is 8.21. The maximum Gasteiger partial charge on any atom is 0.407 e. The molecule has 0 unspecified atom stereocenters. The summed E-state index contributed by atoms with van der Waals surface area (Å²) >= 11 is 0. The molecule has 0 bridgehead atoms. The first kappa shape index (κ1) is 40.1. The van der Waals surface area contributed by atoms with Crippen molar-refractivity contribution in [2.75, 3.05) is 20.3 Å². The van der Waals surface area contributed by atoms with Gasteiger partial charge in [0.05, 0.1) is 30.6 Å². The Bertz CT molecular complexity index is 2060. The molecule has 3 amide bonds. The van der Waals surface area contributed by atoms with Gasteiger partial charge in [0.1, 0.15) is 28.3 Å². The summed E-state index contributed by atoms with van der Waals surface area (Å²) in [7, 11) is 1.47. The lowest BCUT2D eigenvalue weighted by atomic mass is 10.0. The molecule has 4 N–H and O–H groups in total. The number of hydrogen-bond acceptors (Lipinski definition) is 9. The molecule has 0 fully saturated rings. The summed E-state index contributed by atoms with van der Waals surface area (Å²) < 4.78 is 21.3. The van der Waals surface area contributed by atoms with Gasteiger partial charge in [-0.25, -0.2) is 9.59 Å². The first-order valence-electron chi connectivity index (χ1n) is 17.8. The number of rotatable bonds is 16. The molecule has 53 heavy (non-hydrogen) atoms. The molecule has 0 radical (unpaired) electrons. The third kappa shape index (κ3) is 10.2. The summed E-state index contributed by atoms with van der Waals surface area (Å²) in [6, 6.07) is 4.80. The second kappa shape index (κ2) is 17.7. The molecular weight excluding hydrogens is 682 g/mol. The van der Waals surface area contributed by atoms with Gasteiger partial charge in [-0.1, -0.05) is 18.6 Å². The number of fused-ring (bicyclic) bond motifs is 1. The summed E-state index contributed by atoms with van der Waals surface area (Å²) in [5.41, 5.74) is 9.64. The zero-order chi connectivity index (χ0) is 38.9. The number of esters is 1. The van der Waals surface area contributed by atoms with E-state index in [-0.39, 0.29) is 30.2 Å². The standard InChI is InChI=1S/C37H51N9O7/c1-9-45-30(34(49)52-10-2)26(24(4)43-45)16-12-11-14-19-46-28(20-23(3)42-46)33(48)41-35-40-27-21-25(32(38)47)22-29(51-8)31(27)44(35)18-15-13-17-39-36(50)53-37(5,6)7/h13,15,20-22H,9-12,14,16-19H2,1-8H3,(H2,38,47)(H,39,50)(H,40,41,48)/b15-13+. The van der Waals surface area contributed by atoms with E-state index in [1.807, 2.05) is 20.8 Å². The van der Waals surface area contributed by atoms with Crippen molar-refractivity contribution in [1.29, 1.82) is 0 Å². The number of benzene rings is 1. The Morgan fingerprint density at radius 2 is 1.77 bits per heavy atom. The van der Waals surface area contributed by atoms with Gasteiger partial charge in [-0.05, 0) is 85.9 Å². The number of nitrogens with one attached hydrogen (secondary N) is 2. The van der Waals surface area contributed by atoms with Gasteiger partial charge in [-0.3, -0.25) is 19.0 Å². The molecule has 0 aliphatic rings. The Hall–Kier alpha value is -5.67. The fraction of sp³-hybridized carbons (Fsp3) is 0.486. The number of nitrogens with zero attached hydrogens (tertiary/aromatic N) is 6. The Kier molecular flexibility index (Phi) is 13.4. The van der Waals surface area contributed by atoms with Crippen molar-refractivity contribution in [3.8, 4) is 5.75 Å². The molecule has 4 aromatic rings. The van der Waals surface area contributed by atoms with Crippen molar-refractivity contribution in [2.24, 2.45) is 10.7 Å². The molecule has 16 nitrogen and oxygen atoms in total. The Morgan fingerprint density at radius 3 is 2.43 bits per heavy atom. The van der Waals surface area contributed by atoms with Gasteiger partial charge in [-0.15, -0.1) is 0 Å². The van der Waals surface area contributed by atoms with Crippen LogP contribution in [0.25, 0.3) is 11.0 Å². The molecule has 1 aromatic carbocycles. The van der Waals surface area contributed by atoms with Crippen LogP contribution in [0.3, 0.4) is 0 Å². The highest BCUT2D eigenvalue weighted by Gasteiger charge is 2.22. The third-order valence-corrected chi connectivity index (χ3v) is 8.21. The van der Waals surface area contributed by atoms with Crippen LogP contribution in [0.1, 0.15) is 102 Å². The minimum atomic E-state index is -0.640. The molecule has 0 saturated heterocycles. The average Bonchev–Trinajstić information content (AvgIpc) is 3.74. The molecule has 0 atom stereocenters. The average molecular weight is 734 g/mol. The van der Waals surface area contributed by atoms with Gasteiger partial charge in [0.15, 0.2) is 0 Å². The van der Waals surface area contributed by atoms with E-state index in [9.17, 15) is 19.2 Å². The summed E-state index contributed by atoms with van der Waals surface area (Å²) in [4.78, 5) is 58.2. The van der Waals surface area contributed by atoms with E-state index in [1.54, 1.807) is 65.9 Å². The lowest BCUT2D eigenvalue weighted by Gasteiger charge is -2.19. The smallest absolute Gasteiger partial charge is 0.407 e. The van der Waals surface area contributed by atoms with E-state index in [1.165, 1.54) is 13.2 Å². The van der Waals surface area contributed by atoms with E-state index < -0.39 is 23.5 Å². The highest BCUT2D eigenvalue weighted by atomic mass is 16.6. The molecule has 286 valence electrons. The van der Waals surface area contributed by atoms with Crippen molar-refractivity contribution in [3.63, 3.8) is 0 Å². The minimum Gasteiger partial charge on any atom is -0.494 e. The number of hydrogen-bond donors (Lipinski definition) is 3. The number of aromatic amines is 1. The molecule has 3 heterocycles. The number of carbonyl (C=O) groups excluding carboxylic acids is 4. The van der Waals surface area contributed by atoms with Gasteiger partial charge >= 0.3 is 12.1 Å². The summed E-state index contributed by atoms with van der Waals surface area (Å²) in [5.74, 6) is -1.16. The Balaban J connectivity index is 1.54. The minimum absolute atomic E-state index is 0.208. The zero-order valence-corrected chi connectivity index (χ0v) is 31.9. The van der Waals surface area contributed by atoms with E-state index >= 15 is 0 Å². The first-order chi connectivity index (χ1) is 25.2. The van der Waals surface area contributed by atoms with Crippen molar-refractivity contribution in [1.82, 2.24) is 34.4 Å². The number of amides is 3. The largest absolute Gasteiger partial charge is 0.494 e. The molecule has 0 saturated carbocycles. The van der Waals surface area contributed by atoms with E-state index in [2.05, 4.69) is 25.5 Å². The van der Waals surface area contributed by atoms with Crippen molar-refractivity contribution in [3.05, 3.63) is 69.9 Å². The van der Waals surface area contributed by atoms with Crippen LogP contribution in [-0.2, 0) is 35.5 Å². The highest BCUT2D eigenvalue weighted by Crippen LogP contribution is 2.26. The molecule has 4 rings (SSSR count). The Morgan fingerprint density at radius 1 is 1.02 bits per heavy atom. The van der Waals surface area contributed by atoms with Crippen LogP contribution >= 0.6 is 0 Å². The molecule has 0 aliphatic carbocycles. The number of carbonyl (C=O) groups is 4. The molecular formula is C37H51N9O7. The normalized spacial score (nSPS) is 12.1. The quantitative estimate of drug-likeness (QED) is 0.0841. The fourth-order valence-electron chi connectivity index (χ4n) is 5.92. The van der Waals surface area contributed by atoms with Crippen LogP contribution in [0.2, 0.25) is 0 Å². The zero-order valence-electron chi connectivity index (χ0n) is 31.9. The van der Waals surface area contributed by atoms with Crippen LogP contribution in [0, 0.1) is 13.8 Å². The van der Waals surface area contributed by atoms with Crippen LogP contribution < -0.4 is 21.4 Å². The van der Waals surface area contributed by atoms with Crippen molar-refractivity contribution in [2.45, 2.75) is 99.4 Å². The van der Waals surface area contributed by atoms with Gasteiger partial charge in [0, 0.05) is 37.3 Å². The van der Waals surface area contributed by atoms with E-state index in [0.29, 0.717) is 60.0 Å². The Labute approximate surface area is 308 Å². The highest BCUT2D eigenvalue weighted by molar-refractivity contribution is 5.98. The number of alkyl carbamates (subject to hydrolysis) is 1. The topological polar surface area (TPSA) is 203 Å². The molecule has 3 aromatic heterocycles. The van der Waals surface area contributed by atoms with Gasteiger partial charge in [0.2, 0.25) is 11.5 Å². The predicted octanol–water partition coefficient (Wildman–Crippen LogP) is 4.52. The van der Waals surface area contributed by atoms with Crippen LogP contribution in [0.4, 0.5) is 4.79 Å². The lowest BCUT2D eigenvalue weighted by Crippen LogP contribution is -2.32. The second-order valence-electron chi connectivity index (χ2n) is 13.4. The maximum absolute atomic E-state index is 13.8. The first-order valence-corrected chi connectivity index (χ1v) is 17.8. The van der Waals surface area contributed by atoms with Crippen LogP contribution in [-0.4, -0.2) is 78.9 Å². The van der Waals surface area contributed by atoms with Crippen molar-refractivity contribution < 1.29 is 33.4 Å².